The van der Waals surface area contributed by atoms with Gasteiger partial charge in [-0.25, -0.2) is 8.78 Å². The molecule has 3 atom stereocenters. The fourth-order valence-electron chi connectivity index (χ4n) is 5.50. The van der Waals surface area contributed by atoms with Crippen LogP contribution in [0, 0.1) is 12.7 Å². The molecule has 6 nitrogen and oxygen atoms in total. The van der Waals surface area contributed by atoms with Gasteiger partial charge >= 0.3 is 0 Å². The number of piperidine rings is 1. The number of aryl methyl sites for hydroxylation is 1. The standard InChI is InChI=1S/C29H41F2N5O/c1-19(2)27-34-33-20(3)36(27)25-17-23-9-10-24(18-25)35(23)16-13-26(21-7-5-4-6-8-21)32-28(37)22-11-14-29(30,31)15-12-22/h4-8,19,22-26H,9-18H2,1-3H3,(H,32,37)/i3D3,11D2,12D2,14D2,15D2,16D2,22D. The van der Waals surface area contributed by atoms with Crippen LogP contribution in [0.4, 0.5) is 8.78 Å². The maximum Gasteiger partial charge on any atom is 0.248 e. The summed E-state index contributed by atoms with van der Waals surface area (Å²) in [6, 6.07) is 5.04. The maximum absolute atomic E-state index is 15.1. The number of carbonyl (C=O) groups is 1. The number of amides is 1. The van der Waals surface area contributed by atoms with Gasteiger partial charge in [0.25, 0.3) is 0 Å². The Morgan fingerprint density at radius 3 is 2.49 bits per heavy atom. The molecule has 3 aliphatic rings. The highest BCUT2D eigenvalue weighted by molar-refractivity contribution is 5.79. The molecule has 1 amide bonds. The zero-order valence-corrected chi connectivity index (χ0v) is 20.8. The Morgan fingerprint density at radius 1 is 1.19 bits per heavy atom. The smallest absolute Gasteiger partial charge is 0.248 e. The van der Waals surface area contributed by atoms with Crippen LogP contribution in [0.15, 0.2) is 30.3 Å². The van der Waals surface area contributed by atoms with E-state index in [4.69, 9.17) is 16.4 Å². The van der Waals surface area contributed by atoms with Crippen LogP contribution in [0.2, 0.25) is 0 Å². The van der Waals surface area contributed by atoms with E-state index in [1.54, 1.807) is 27.7 Å². The van der Waals surface area contributed by atoms with E-state index in [9.17, 15) is 7.54 Å². The van der Waals surface area contributed by atoms with Crippen molar-refractivity contribution in [1.82, 2.24) is 25.0 Å². The van der Waals surface area contributed by atoms with Crippen molar-refractivity contribution in [3.63, 3.8) is 0 Å². The van der Waals surface area contributed by atoms with Crippen LogP contribution in [-0.2, 0) is 4.79 Å². The summed E-state index contributed by atoms with van der Waals surface area (Å²) < 4.78 is 148. The second-order valence-corrected chi connectivity index (χ2v) is 10.1. The monoisotopic (exact) mass is 527 g/mol. The molecule has 2 aromatic rings. The third-order valence-electron chi connectivity index (χ3n) is 7.21. The molecule has 1 aliphatic carbocycles. The molecular weight excluding hydrogens is 472 g/mol. The molecule has 0 radical (unpaired) electrons. The summed E-state index contributed by atoms with van der Waals surface area (Å²) in [6.45, 7) is -1.06. The van der Waals surface area contributed by atoms with Crippen LogP contribution >= 0.6 is 0 Å². The predicted octanol–water partition coefficient (Wildman–Crippen LogP) is 5.95. The quantitative estimate of drug-likeness (QED) is 0.461. The molecule has 2 aliphatic heterocycles. The number of halogens is 2. The van der Waals surface area contributed by atoms with Gasteiger partial charge < -0.3 is 9.88 Å². The number of alkyl halides is 2. The van der Waals surface area contributed by atoms with Crippen LogP contribution in [0.1, 0.15) is 126 Å². The van der Waals surface area contributed by atoms with Crippen molar-refractivity contribution in [2.75, 3.05) is 6.50 Å². The lowest BCUT2D eigenvalue weighted by Gasteiger charge is -2.40. The van der Waals surface area contributed by atoms with E-state index in [-0.39, 0.29) is 23.3 Å². The van der Waals surface area contributed by atoms with E-state index in [0.717, 1.165) is 0 Å². The number of carbonyl (C=O) groups excluding carboxylic acids is 1. The molecule has 1 aromatic heterocycles. The molecule has 8 heteroatoms. The van der Waals surface area contributed by atoms with Gasteiger partial charge in [-0.05, 0) is 57.3 Å². The number of aromatic nitrogens is 3. The minimum absolute atomic E-state index is 0.149. The summed E-state index contributed by atoms with van der Waals surface area (Å²) in [7, 11) is 0. The molecular formula is C29H41F2N5O. The average molecular weight is 528 g/mol. The van der Waals surface area contributed by atoms with Crippen LogP contribution in [-0.4, -0.2) is 50.1 Å². The minimum atomic E-state index is -5.30. The highest BCUT2D eigenvalue weighted by Gasteiger charge is 2.42. The highest BCUT2D eigenvalue weighted by atomic mass is 19.3. The molecule has 5 rings (SSSR count). The minimum Gasteiger partial charge on any atom is -0.349 e. The number of fused-ring (bicyclic) bond motifs is 2. The summed E-state index contributed by atoms with van der Waals surface area (Å²) in [4.78, 5) is 15.6. The van der Waals surface area contributed by atoms with E-state index in [0.29, 0.717) is 31.5 Å². The number of hydrogen-bond donors (Lipinski definition) is 1. The summed E-state index contributed by atoms with van der Waals surface area (Å²) in [5.41, 5.74) is 0.224. The van der Waals surface area contributed by atoms with Gasteiger partial charge in [-0.1, -0.05) is 44.2 Å². The molecule has 0 spiro atoms. The van der Waals surface area contributed by atoms with Crippen molar-refractivity contribution in [3.05, 3.63) is 47.5 Å². The van der Waals surface area contributed by atoms with Gasteiger partial charge in [-0.2, -0.15) is 0 Å². The highest BCUT2D eigenvalue weighted by Crippen LogP contribution is 2.42. The van der Waals surface area contributed by atoms with Crippen molar-refractivity contribution < 1.29 is 32.8 Å². The van der Waals surface area contributed by atoms with E-state index in [1.165, 1.54) is 12.1 Å². The molecule has 1 N–H and O–H groups in total. The fourth-order valence-corrected chi connectivity index (χ4v) is 5.50. The molecule has 2 bridgehead atoms. The van der Waals surface area contributed by atoms with Crippen molar-refractivity contribution in [2.24, 2.45) is 5.89 Å². The topological polar surface area (TPSA) is 63.1 Å². The second-order valence-electron chi connectivity index (χ2n) is 10.1. The van der Waals surface area contributed by atoms with E-state index >= 15 is 8.78 Å². The number of rotatable bonds is 8. The third kappa shape index (κ3) is 5.74. The Kier molecular flexibility index (Phi) is 4.13. The van der Waals surface area contributed by atoms with Crippen LogP contribution in [0.25, 0.3) is 0 Å². The number of hydrogen-bond acceptors (Lipinski definition) is 4. The Balaban J connectivity index is 1.48. The lowest BCUT2D eigenvalue weighted by atomic mass is 9.86. The SMILES string of the molecule is [2H]C([2H])([2H])c1nnc(C(C)C)n1C1CC2CCC(C1)N2C([2H])([2H])CC(NC(=O)C1([2H])C([2H])([2H])C([2H])([2H])C(F)(F)C([2H])([2H])C1([2H])[2H])c1ccccc1. The van der Waals surface area contributed by atoms with Gasteiger partial charge in [-0.3, -0.25) is 9.69 Å². The molecule has 202 valence electrons. The summed E-state index contributed by atoms with van der Waals surface area (Å²) >= 11 is 0. The molecule has 3 heterocycles. The van der Waals surface area contributed by atoms with Crippen molar-refractivity contribution in [1.29, 1.82) is 0 Å². The molecule has 37 heavy (non-hydrogen) atoms. The first-order chi connectivity index (χ1) is 23.1. The first-order valence-electron chi connectivity index (χ1n) is 19.6. The van der Waals surface area contributed by atoms with Gasteiger partial charge in [0.05, 0.1) is 6.04 Å². The molecule has 2 saturated heterocycles. The van der Waals surface area contributed by atoms with E-state index in [2.05, 4.69) is 15.5 Å². The molecule has 1 saturated carbocycles. The fraction of sp³-hybridized carbons (Fsp3) is 0.690. The Labute approximate surface area is 238 Å². The van der Waals surface area contributed by atoms with Crippen molar-refractivity contribution >= 4 is 5.91 Å². The number of benzene rings is 1. The Bertz CT molecular complexity index is 1590. The lowest BCUT2D eigenvalue weighted by molar-refractivity contribution is -0.130. The molecule has 3 unspecified atom stereocenters. The maximum atomic E-state index is 15.1. The van der Waals surface area contributed by atoms with Gasteiger partial charge in [0, 0.05) is 68.4 Å². The summed E-state index contributed by atoms with van der Waals surface area (Å²) in [5.74, 6) is -11.2. The Hall–Kier alpha value is -2.35. The predicted molar refractivity (Wildman–Crippen MR) is 139 cm³/mol. The lowest BCUT2D eigenvalue weighted by Crippen LogP contribution is -2.45. The van der Waals surface area contributed by atoms with Gasteiger partial charge in [0.1, 0.15) is 11.6 Å². The van der Waals surface area contributed by atoms with Crippen LogP contribution in [0.5, 0.6) is 0 Å². The van der Waals surface area contributed by atoms with Gasteiger partial charge in [0.2, 0.25) is 11.8 Å². The van der Waals surface area contributed by atoms with Crippen LogP contribution in [0.3, 0.4) is 0 Å². The number of nitrogens with one attached hydrogen (secondary N) is 1. The molecule has 3 fully saturated rings. The van der Waals surface area contributed by atoms with Gasteiger partial charge in [0.15, 0.2) is 0 Å². The zero-order chi connectivity index (χ0) is 38.5. The van der Waals surface area contributed by atoms with E-state index in [1.807, 2.05) is 13.8 Å². The van der Waals surface area contributed by atoms with Crippen molar-refractivity contribution in [2.45, 2.75) is 114 Å². The van der Waals surface area contributed by atoms with E-state index < -0.39 is 81.1 Å². The summed E-state index contributed by atoms with van der Waals surface area (Å²) in [5, 5.41) is 10.4. The first kappa shape index (κ1) is 14.2. The number of nitrogens with zero attached hydrogens (tertiary/aromatic N) is 4. The molecule has 1 aromatic carbocycles. The average Bonchev–Trinajstić information content (AvgIpc) is 3.60. The Morgan fingerprint density at radius 2 is 1.86 bits per heavy atom. The summed E-state index contributed by atoms with van der Waals surface area (Å²) in [6.07, 6.45) is -16.4. The van der Waals surface area contributed by atoms with Crippen molar-refractivity contribution in [3.8, 4) is 0 Å². The normalized spacial score (nSPS) is 39.5. The van der Waals surface area contributed by atoms with Crippen LogP contribution < -0.4 is 5.32 Å². The second kappa shape index (κ2) is 10.8. The zero-order valence-electron chi connectivity index (χ0n) is 34.8. The van der Waals surface area contributed by atoms with Gasteiger partial charge in [-0.15, -0.1) is 10.2 Å². The third-order valence-corrected chi connectivity index (χ3v) is 7.21. The largest absolute Gasteiger partial charge is 0.349 e. The first-order valence-corrected chi connectivity index (χ1v) is 12.6.